The molecule has 0 aromatic carbocycles. The van der Waals surface area contributed by atoms with Crippen LogP contribution in [0.25, 0.3) is 0 Å². The Bertz CT molecular complexity index is 400. The average Bonchev–Trinajstić information content (AvgIpc) is 2.95. The number of hydrogen-bond donors (Lipinski definition) is 2. The lowest BCUT2D eigenvalue weighted by atomic mass is 9.85. The molecule has 1 aliphatic rings. The molecule has 1 fully saturated rings. The second-order valence-electron chi connectivity index (χ2n) is 4.81. The quantitative estimate of drug-likeness (QED) is 0.872. The number of halogens is 1. The highest BCUT2D eigenvalue weighted by Crippen LogP contribution is 2.37. The van der Waals surface area contributed by atoms with Gasteiger partial charge < -0.3 is 15.6 Å². The number of nitrogens with one attached hydrogen (secondary N) is 1. The van der Waals surface area contributed by atoms with Crippen molar-refractivity contribution in [1.82, 2.24) is 10.5 Å². The molecule has 0 bridgehead atoms. The van der Waals surface area contributed by atoms with Gasteiger partial charge in [0, 0.05) is 12.6 Å². The Morgan fingerprint density at radius 3 is 2.72 bits per heavy atom. The van der Waals surface area contributed by atoms with Gasteiger partial charge in [-0.25, -0.2) is 0 Å². The van der Waals surface area contributed by atoms with Crippen LogP contribution in [0.2, 0.25) is 0 Å². The third-order valence-corrected chi connectivity index (χ3v) is 3.53. The largest absolute Gasteiger partial charge is 0.359 e. The fraction of sp³-hybridized carbons (Fsp3) is 0.667. The molecule has 18 heavy (non-hydrogen) atoms. The van der Waals surface area contributed by atoms with Crippen molar-refractivity contribution < 1.29 is 9.32 Å². The highest BCUT2D eigenvalue weighted by atomic mass is 35.5. The van der Waals surface area contributed by atoms with Crippen molar-refractivity contribution in [2.24, 2.45) is 11.1 Å². The van der Waals surface area contributed by atoms with Crippen molar-refractivity contribution in [3.05, 3.63) is 17.5 Å². The van der Waals surface area contributed by atoms with Gasteiger partial charge in [-0.15, -0.1) is 12.4 Å². The summed E-state index contributed by atoms with van der Waals surface area (Å²) in [6, 6.07) is 1.82. The Hall–Kier alpha value is -1.07. The Morgan fingerprint density at radius 1 is 1.56 bits per heavy atom. The summed E-state index contributed by atoms with van der Waals surface area (Å²) in [4.78, 5) is 12.1. The van der Waals surface area contributed by atoms with E-state index in [-0.39, 0.29) is 23.7 Å². The number of nitrogens with zero attached hydrogens (tertiary/aromatic N) is 1. The molecule has 0 saturated heterocycles. The fourth-order valence-corrected chi connectivity index (χ4v) is 2.43. The zero-order valence-electron chi connectivity index (χ0n) is 10.6. The first-order valence-electron chi connectivity index (χ1n) is 6.07. The van der Waals surface area contributed by atoms with Gasteiger partial charge in [-0.2, -0.15) is 0 Å². The van der Waals surface area contributed by atoms with Crippen LogP contribution in [-0.2, 0) is 11.3 Å². The van der Waals surface area contributed by atoms with E-state index in [1.165, 1.54) is 0 Å². The van der Waals surface area contributed by atoms with E-state index in [1.54, 1.807) is 0 Å². The molecule has 0 radical (unpaired) electrons. The molecule has 1 aromatic rings. The Morgan fingerprint density at radius 2 is 2.22 bits per heavy atom. The van der Waals surface area contributed by atoms with Gasteiger partial charge >= 0.3 is 0 Å². The molecule has 1 saturated carbocycles. The van der Waals surface area contributed by atoms with Crippen LogP contribution in [0.15, 0.2) is 10.6 Å². The first kappa shape index (κ1) is 15.0. The maximum atomic E-state index is 12.1. The summed E-state index contributed by atoms with van der Waals surface area (Å²) >= 11 is 0. The highest BCUT2D eigenvalue weighted by Gasteiger charge is 2.39. The number of nitrogens with two attached hydrogens (primary N) is 1. The third-order valence-electron chi connectivity index (χ3n) is 3.53. The minimum Gasteiger partial charge on any atom is -0.359 e. The maximum absolute atomic E-state index is 12.1. The maximum Gasteiger partial charge on any atom is 0.227 e. The smallest absolute Gasteiger partial charge is 0.227 e. The number of amides is 1. The Kier molecular flexibility index (Phi) is 5.16. The van der Waals surface area contributed by atoms with Gasteiger partial charge in [0.25, 0.3) is 0 Å². The number of rotatable bonds is 4. The average molecular weight is 274 g/mol. The predicted molar refractivity (Wildman–Crippen MR) is 70.3 cm³/mol. The predicted octanol–water partition coefficient (Wildman–Crippen LogP) is 1.54. The Labute approximate surface area is 113 Å². The molecule has 6 heteroatoms. The summed E-state index contributed by atoms with van der Waals surface area (Å²) in [6.45, 7) is 2.67. The van der Waals surface area contributed by atoms with Crippen molar-refractivity contribution in [1.29, 1.82) is 0 Å². The van der Waals surface area contributed by atoms with Gasteiger partial charge in [-0.05, 0) is 19.8 Å². The first-order valence-corrected chi connectivity index (χ1v) is 6.07. The molecule has 0 atom stereocenters. The van der Waals surface area contributed by atoms with Crippen molar-refractivity contribution >= 4 is 18.3 Å². The van der Waals surface area contributed by atoms with Crippen LogP contribution in [0.1, 0.15) is 37.1 Å². The summed E-state index contributed by atoms with van der Waals surface area (Å²) in [5.41, 5.74) is 6.22. The van der Waals surface area contributed by atoms with Crippen molar-refractivity contribution in [2.45, 2.75) is 39.2 Å². The summed E-state index contributed by atoms with van der Waals surface area (Å²) < 4.78 is 5.05. The lowest BCUT2D eigenvalue weighted by molar-refractivity contribution is -0.130. The van der Waals surface area contributed by atoms with Crippen molar-refractivity contribution in [2.75, 3.05) is 6.54 Å². The molecule has 0 spiro atoms. The van der Waals surface area contributed by atoms with Crippen LogP contribution < -0.4 is 11.1 Å². The van der Waals surface area contributed by atoms with Crippen LogP contribution in [0.4, 0.5) is 0 Å². The van der Waals surface area contributed by atoms with E-state index in [0.717, 1.165) is 31.4 Å². The summed E-state index contributed by atoms with van der Waals surface area (Å²) in [7, 11) is 0. The van der Waals surface area contributed by atoms with Crippen LogP contribution in [0.5, 0.6) is 0 Å². The monoisotopic (exact) mass is 273 g/mol. The van der Waals surface area contributed by atoms with Gasteiger partial charge in [0.1, 0.15) is 0 Å². The second-order valence-corrected chi connectivity index (χ2v) is 4.81. The van der Waals surface area contributed by atoms with Gasteiger partial charge in [-0.1, -0.05) is 18.0 Å². The molecule has 102 valence electrons. The van der Waals surface area contributed by atoms with Crippen molar-refractivity contribution in [3.8, 4) is 0 Å². The van der Waals surface area contributed by atoms with Crippen LogP contribution in [-0.4, -0.2) is 17.6 Å². The minimum absolute atomic E-state index is 0. The van der Waals surface area contributed by atoms with Crippen molar-refractivity contribution in [3.63, 3.8) is 0 Å². The van der Waals surface area contributed by atoms with E-state index in [1.807, 2.05) is 13.0 Å². The molecule has 5 nitrogen and oxygen atoms in total. The van der Waals surface area contributed by atoms with E-state index < -0.39 is 0 Å². The molecular formula is C12H20ClN3O2. The summed E-state index contributed by atoms with van der Waals surface area (Å²) in [5.74, 6) is 0.729. The summed E-state index contributed by atoms with van der Waals surface area (Å²) in [5, 5.41) is 6.67. The normalized spacial score (nSPS) is 17.2. The molecular weight excluding hydrogens is 254 g/mol. The molecule has 0 unspecified atom stereocenters. The van der Waals surface area contributed by atoms with E-state index >= 15 is 0 Å². The van der Waals surface area contributed by atoms with E-state index in [9.17, 15) is 4.79 Å². The summed E-state index contributed by atoms with van der Waals surface area (Å²) in [6.07, 6.45) is 3.97. The zero-order valence-corrected chi connectivity index (χ0v) is 11.4. The number of carbonyl (C=O) groups excluding carboxylic acids is 1. The molecule has 2 rings (SSSR count). The number of aryl methyl sites for hydroxylation is 1. The van der Waals surface area contributed by atoms with Gasteiger partial charge in [-0.3, -0.25) is 4.79 Å². The fourth-order valence-electron chi connectivity index (χ4n) is 2.43. The molecule has 1 aromatic heterocycles. The molecule has 1 heterocycles. The highest BCUT2D eigenvalue weighted by molar-refractivity contribution is 5.85. The topological polar surface area (TPSA) is 81.2 Å². The minimum atomic E-state index is -0.352. The SMILES string of the molecule is Cc1cc(CNC(=O)C2(CN)CCCC2)on1.Cl. The first-order chi connectivity index (χ1) is 8.16. The molecule has 1 aliphatic carbocycles. The number of carbonyl (C=O) groups is 1. The van der Waals surface area contributed by atoms with E-state index in [4.69, 9.17) is 10.3 Å². The molecule has 0 aliphatic heterocycles. The van der Waals surface area contributed by atoms with Gasteiger partial charge in [0.15, 0.2) is 5.76 Å². The lowest BCUT2D eigenvalue weighted by Crippen LogP contribution is -2.43. The van der Waals surface area contributed by atoms with Gasteiger partial charge in [0.2, 0.25) is 5.91 Å². The molecule has 3 N–H and O–H groups in total. The van der Waals surface area contributed by atoms with Crippen LogP contribution in [0.3, 0.4) is 0 Å². The lowest BCUT2D eigenvalue weighted by Gasteiger charge is -2.25. The molecule has 1 amide bonds. The zero-order chi connectivity index (χ0) is 12.3. The van der Waals surface area contributed by atoms with Crippen LogP contribution >= 0.6 is 12.4 Å². The number of aromatic nitrogens is 1. The standard InChI is InChI=1S/C12H19N3O2.ClH/c1-9-6-10(17-15-9)7-14-11(16)12(8-13)4-2-3-5-12;/h6H,2-5,7-8,13H2,1H3,(H,14,16);1H. The van der Waals surface area contributed by atoms with E-state index in [2.05, 4.69) is 10.5 Å². The van der Waals surface area contributed by atoms with Gasteiger partial charge in [0.05, 0.1) is 17.7 Å². The third kappa shape index (κ3) is 3.03. The van der Waals surface area contributed by atoms with E-state index in [0.29, 0.717) is 18.8 Å². The Balaban J connectivity index is 0.00000162. The second kappa shape index (κ2) is 6.20. The van der Waals surface area contributed by atoms with Crippen LogP contribution in [0, 0.1) is 12.3 Å². The number of hydrogen-bond acceptors (Lipinski definition) is 4.